The van der Waals surface area contributed by atoms with E-state index in [1.54, 1.807) is 23.5 Å². The van der Waals surface area contributed by atoms with Crippen LogP contribution in [-0.2, 0) is 9.59 Å². The fourth-order valence-electron chi connectivity index (χ4n) is 4.34. The Morgan fingerprint density at radius 2 is 1.49 bits per heavy atom. The molecule has 2 N–H and O–H groups in total. The standard InChI is InChI=1S/C27H31FN4O2S/c1-19-5-3-6-20(2)26(19)29-24(33)17-31-12-14-32(15-13-31)18-25(34)30-27(23-7-4-16-35-23)21-8-10-22(28)11-9-21/h3-11,16,27H,12-15,17-18H2,1-2H3,(H,29,33)(H,30,34). The first kappa shape index (κ1) is 25.0. The van der Waals surface area contributed by atoms with E-state index in [-0.39, 0.29) is 30.2 Å². The van der Waals surface area contributed by atoms with Crippen molar-refractivity contribution in [3.05, 3.63) is 87.4 Å². The van der Waals surface area contributed by atoms with Crippen LogP contribution >= 0.6 is 11.3 Å². The molecule has 0 radical (unpaired) electrons. The molecule has 1 saturated heterocycles. The highest BCUT2D eigenvalue weighted by atomic mass is 32.1. The lowest BCUT2D eigenvalue weighted by Crippen LogP contribution is -2.51. The molecule has 1 fully saturated rings. The second-order valence-corrected chi connectivity index (χ2v) is 9.91. The van der Waals surface area contributed by atoms with Crippen LogP contribution in [0.4, 0.5) is 10.1 Å². The smallest absolute Gasteiger partial charge is 0.238 e. The summed E-state index contributed by atoms with van der Waals surface area (Å²) >= 11 is 1.56. The molecule has 35 heavy (non-hydrogen) atoms. The lowest BCUT2D eigenvalue weighted by Gasteiger charge is -2.34. The van der Waals surface area contributed by atoms with Crippen LogP contribution in [0.25, 0.3) is 0 Å². The number of nitrogens with one attached hydrogen (secondary N) is 2. The number of amides is 2. The van der Waals surface area contributed by atoms with Gasteiger partial charge in [0.15, 0.2) is 0 Å². The predicted octanol–water partition coefficient (Wildman–Crippen LogP) is 3.97. The highest BCUT2D eigenvalue weighted by Crippen LogP contribution is 2.26. The average Bonchev–Trinajstić information content (AvgIpc) is 3.37. The van der Waals surface area contributed by atoms with Crippen molar-refractivity contribution in [2.24, 2.45) is 0 Å². The number of rotatable bonds is 8. The minimum atomic E-state index is -0.307. The Balaban J connectivity index is 1.27. The van der Waals surface area contributed by atoms with Crippen LogP contribution in [0.15, 0.2) is 60.0 Å². The van der Waals surface area contributed by atoms with Gasteiger partial charge in [0.1, 0.15) is 5.82 Å². The van der Waals surface area contributed by atoms with Gasteiger partial charge in [-0.2, -0.15) is 0 Å². The first-order chi connectivity index (χ1) is 16.9. The maximum absolute atomic E-state index is 13.4. The summed E-state index contributed by atoms with van der Waals surface area (Å²) in [5.41, 5.74) is 3.84. The van der Waals surface area contributed by atoms with Gasteiger partial charge in [-0.05, 0) is 54.1 Å². The van der Waals surface area contributed by atoms with E-state index in [9.17, 15) is 14.0 Å². The van der Waals surface area contributed by atoms with E-state index in [1.807, 2.05) is 49.6 Å². The minimum absolute atomic E-state index is 0.0216. The molecule has 1 aliphatic rings. The minimum Gasteiger partial charge on any atom is -0.343 e. The van der Waals surface area contributed by atoms with Crippen molar-refractivity contribution in [2.45, 2.75) is 19.9 Å². The van der Waals surface area contributed by atoms with Gasteiger partial charge in [0.05, 0.1) is 19.1 Å². The molecule has 2 heterocycles. The molecule has 1 aromatic heterocycles. The third kappa shape index (κ3) is 6.75. The molecular weight excluding hydrogens is 463 g/mol. The normalized spacial score (nSPS) is 15.5. The van der Waals surface area contributed by atoms with Crippen LogP contribution in [-0.4, -0.2) is 60.9 Å². The molecular formula is C27H31FN4O2S. The molecule has 1 aliphatic heterocycles. The quantitative estimate of drug-likeness (QED) is 0.498. The van der Waals surface area contributed by atoms with Crippen molar-refractivity contribution in [3.63, 3.8) is 0 Å². The van der Waals surface area contributed by atoms with Crippen LogP contribution in [0.5, 0.6) is 0 Å². The molecule has 2 aromatic carbocycles. The Hall–Kier alpha value is -3.07. The van der Waals surface area contributed by atoms with Crippen molar-refractivity contribution in [1.29, 1.82) is 0 Å². The van der Waals surface area contributed by atoms with Crippen molar-refractivity contribution < 1.29 is 14.0 Å². The van der Waals surface area contributed by atoms with Crippen LogP contribution in [0.3, 0.4) is 0 Å². The summed E-state index contributed by atoms with van der Waals surface area (Å²) in [6.45, 7) is 7.47. The first-order valence-electron chi connectivity index (χ1n) is 11.8. The van der Waals surface area contributed by atoms with Crippen molar-refractivity contribution >= 4 is 28.8 Å². The van der Waals surface area contributed by atoms with Gasteiger partial charge in [-0.3, -0.25) is 19.4 Å². The number of para-hydroxylation sites is 1. The third-order valence-electron chi connectivity index (χ3n) is 6.28. The van der Waals surface area contributed by atoms with Gasteiger partial charge in [-0.15, -0.1) is 11.3 Å². The number of benzene rings is 2. The summed E-state index contributed by atoms with van der Waals surface area (Å²) in [6, 6.07) is 15.8. The van der Waals surface area contributed by atoms with E-state index in [4.69, 9.17) is 0 Å². The maximum Gasteiger partial charge on any atom is 0.238 e. The Bertz CT molecular complexity index is 1120. The van der Waals surface area contributed by atoms with Gasteiger partial charge in [0.25, 0.3) is 0 Å². The van der Waals surface area contributed by atoms with Gasteiger partial charge < -0.3 is 10.6 Å². The maximum atomic E-state index is 13.4. The van der Waals surface area contributed by atoms with Crippen LogP contribution in [0, 0.1) is 19.7 Å². The van der Waals surface area contributed by atoms with Crippen molar-refractivity contribution in [2.75, 3.05) is 44.6 Å². The number of hydrogen-bond acceptors (Lipinski definition) is 5. The molecule has 1 unspecified atom stereocenters. The fourth-order valence-corrected chi connectivity index (χ4v) is 5.14. The molecule has 0 aliphatic carbocycles. The van der Waals surface area contributed by atoms with Crippen molar-refractivity contribution in [1.82, 2.24) is 15.1 Å². The highest BCUT2D eigenvalue weighted by Gasteiger charge is 2.23. The second-order valence-electron chi connectivity index (χ2n) is 8.93. The topological polar surface area (TPSA) is 64.7 Å². The number of nitrogens with zero attached hydrogens (tertiary/aromatic N) is 2. The zero-order valence-corrected chi connectivity index (χ0v) is 20.9. The third-order valence-corrected chi connectivity index (χ3v) is 7.22. The van der Waals surface area contributed by atoms with E-state index < -0.39 is 0 Å². The van der Waals surface area contributed by atoms with Crippen molar-refractivity contribution in [3.8, 4) is 0 Å². The molecule has 0 bridgehead atoms. The Morgan fingerprint density at radius 1 is 0.886 bits per heavy atom. The molecule has 184 valence electrons. The lowest BCUT2D eigenvalue weighted by molar-refractivity contribution is -0.124. The second kappa shape index (κ2) is 11.6. The number of halogens is 1. The van der Waals surface area contributed by atoms with Crippen LogP contribution in [0.1, 0.15) is 27.6 Å². The molecule has 6 nitrogen and oxygen atoms in total. The molecule has 1 atom stereocenters. The van der Waals surface area contributed by atoms with E-state index in [2.05, 4.69) is 20.4 Å². The number of aryl methyl sites for hydroxylation is 2. The molecule has 3 aromatic rings. The Labute approximate surface area is 209 Å². The van der Waals surface area contributed by atoms with E-state index in [1.165, 1.54) is 12.1 Å². The molecule has 8 heteroatoms. The monoisotopic (exact) mass is 494 g/mol. The first-order valence-corrected chi connectivity index (χ1v) is 12.7. The van der Waals surface area contributed by atoms with Crippen LogP contribution in [0.2, 0.25) is 0 Å². The highest BCUT2D eigenvalue weighted by molar-refractivity contribution is 7.10. The molecule has 0 spiro atoms. The summed E-state index contributed by atoms with van der Waals surface area (Å²) in [5.74, 6) is -0.397. The van der Waals surface area contributed by atoms with Gasteiger partial charge in [0, 0.05) is 36.7 Å². The lowest BCUT2D eigenvalue weighted by atomic mass is 10.1. The number of thiophene rings is 1. The van der Waals surface area contributed by atoms with Gasteiger partial charge >= 0.3 is 0 Å². The SMILES string of the molecule is Cc1cccc(C)c1NC(=O)CN1CCN(CC(=O)NC(c2ccc(F)cc2)c2cccs2)CC1. The zero-order chi connectivity index (χ0) is 24.8. The Morgan fingerprint density at radius 3 is 2.06 bits per heavy atom. The number of carbonyl (C=O) groups is 2. The van der Waals surface area contributed by atoms with Gasteiger partial charge in [-0.25, -0.2) is 4.39 Å². The average molecular weight is 495 g/mol. The Kier molecular flexibility index (Phi) is 8.28. The number of anilines is 1. The summed E-state index contributed by atoms with van der Waals surface area (Å²) in [4.78, 5) is 30.7. The molecule has 0 saturated carbocycles. The zero-order valence-electron chi connectivity index (χ0n) is 20.1. The van der Waals surface area contributed by atoms with Gasteiger partial charge in [0.2, 0.25) is 11.8 Å². The fraction of sp³-hybridized carbons (Fsp3) is 0.333. The number of carbonyl (C=O) groups excluding carboxylic acids is 2. The van der Waals surface area contributed by atoms with Gasteiger partial charge in [-0.1, -0.05) is 36.4 Å². The molecule has 2 amide bonds. The number of hydrogen-bond donors (Lipinski definition) is 2. The van der Waals surface area contributed by atoms with E-state index in [0.717, 1.165) is 40.3 Å². The van der Waals surface area contributed by atoms with E-state index in [0.29, 0.717) is 19.6 Å². The predicted molar refractivity (Wildman–Crippen MR) is 138 cm³/mol. The largest absolute Gasteiger partial charge is 0.343 e. The summed E-state index contributed by atoms with van der Waals surface area (Å²) in [7, 11) is 0. The van der Waals surface area contributed by atoms with Crippen LogP contribution < -0.4 is 10.6 Å². The number of piperazine rings is 1. The van der Waals surface area contributed by atoms with E-state index >= 15 is 0 Å². The summed E-state index contributed by atoms with van der Waals surface area (Å²) in [5, 5.41) is 8.12. The summed E-state index contributed by atoms with van der Waals surface area (Å²) in [6.07, 6.45) is 0. The molecule has 4 rings (SSSR count). The summed E-state index contributed by atoms with van der Waals surface area (Å²) < 4.78 is 13.4.